The summed E-state index contributed by atoms with van der Waals surface area (Å²) in [5.74, 6) is 2.31. The Labute approximate surface area is 116 Å². The average Bonchev–Trinajstić information content (AvgIpc) is 2.42. The maximum atomic E-state index is 5.64. The van der Waals surface area contributed by atoms with E-state index in [1.807, 2.05) is 36.4 Å². The summed E-state index contributed by atoms with van der Waals surface area (Å²) >= 11 is 11.3. The van der Waals surface area contributed by atoms with E-state index in [1.165, 1.54) is 0 Å². The summed E-state index contributed by atoms with van der Waals surface area (Å²) in [5.41, 5.74) is 0. The fraction of sp³-hybridized carbons (Fsp3) is 0.286. The summed E-state index contributed by atoms with van der Waals surface area (Å²) in [4.78, 5) is 0. The molecule has 0 spiro atoms. The van der Waals surface area contributed by atoms with Gasteiger partial charge in [0, 0.05) is 0 Å². The minimum Gasteiger partial charge on any atom is -0.488 e. The maximum Gasteiger partial charge on any atom is 0.161 e. The van der Waals surface area contributed by atoms with Crippen molar-refractivity contribution in [1.82, 2.24) is 0 Å². The Hall–Kier alpha value is -1.12. The number of fused-ring (bicyclic) bond motifs is 1. The summed E-state index contributed by atoms with van der Waals surface area (Å²) in [6, 6.07) is 12.0. The molecule has 2 rings (SSSR count). The number of alkyl halides is 2. The van der Waals surface area contributed by atoms with Gasteiger partial charge in [0.05, 0.1) is 11.8 Å². The molecule has 0 heterocycles. The van der Waals surface area contributed by atoms with Gasteiger partial charge < -0.3 is 9.47 Å². The summed E-state index contributed by atoms with van der Waals surface area (Å²) < 4.78 is 11.2. The van der Waals surface area contributed by atoms with Crippen molar-refractivity contribution in [2.45, 2.75) is 0 Å². The molecule has 0 radical (unpaired) electrons. The third-order valence-corrected chi connectivity index (χ3v) is 2.79. The van der Waals surface area contributed by atoms with Crippen LogP contribution in [-0.2, 0) is 0 Å². The summed E-state index contributed by atoms with van der Waals surface area (Å²) in [7, 11) is 0. The predicted molar refractivity (Wildman–Crippen MR) is 76.4 cm³/mol. The van der Waals surface area contributed by atoms with Crippen molar-refractivity contribution in [3.05, 3.63) is 36.4 Å². The van der Waals surface area contributed by atoms with Crippen LogP contribution in [0.2, 0.25) is 0 Å². The van der Waals surface area contributed by atoms with Crippen molar-refractivity contribution < 1.29 is 9.47 Å². The van der Waals surface area contributed by atoms with E-state index in [4.69, 9.17) is 32.7 Å². The lowest BCUT2D eigenvalue weighted by molar-refractivity contribution is 0.291. The van der Waals surface area contributed by atoms with Gasteiger partial charge in [0.25, 0.3) is 0 Å². The van der Waals surface area contributed by atoms with Gasteiger partial charge in [0.15, 0.2) is 11.5 Å². The molecule has 0 aliphatic rings. The van der Waals surface area contributed by atoms with Crippen LogP contribution in [0.25, 0.3) is 10.8 Å². The van der Waals surface area contributed by atoms with Gasteiger partial charge in [-0.1, -0.05) is 24.3 Å². The lowest BCUT2D eigenvalue weighted by atomic mass is 10.1. The van der Waals surface area contributed by atoms with Crippen molar-refractivity contribution in [2.24, 2.45) is 0 Å². The zero-order valence-corrected chi connectivity index (χ0v) is 11.4. The van der Waals surface area contributed by atoms with E-state index in [0.717, 1.165) is 10.8 Å². The topological polar surface area (TPSA) is 18.5 Å². The Kier molecular flexibility index (Phi) is 4.97. The molecule has 0 saturated heterocycles. The molecular formula is C14H14Cl2O2. The Bertz CT molecular complexity index is 468. The Morgan fingerprint density at radius 1 is 0.778 bits per heavy atom. The largest absolute Gasteiger partial charge is 0.488 e. The normalized spacial score (nSPS) is 10.6. The first-order chi connectivity index (χ1) is 8.85. The Balaban J connectivity index is 2.35. The fourth-order valence-corrected chi connectivity index (χ4v) is 1.88. The quantitative estimate of drug-likeness (QED) is 0.745. The SMILES string of the molecule is ClCCOc1cc2ccccc2cc1OCCCl. The minimum atomic E-state index is 0.446. The molecule has 0 aliphatic carbocycles. The van der Waals surface area contributed by atoms with Crippen LogP contribution in [-0.4, -0.2) is 25.0 Å². The predicted octanol–water partition coefficient (Wildman–Crippen LogP) is 4.08. The highest BCUT2D eigenvalue weighted by atomic mass is 35.5. The van der Waals surface area contributed by atoms with Crippen LogP contribution in [0.3, 0.4) is 0 Å². The van der Waals surface area contributed by atoms with Crippen LogP contribution < -0.4 is 9.47 Å². The van der Waals surface area contributed by atoms with Crippen LogP contribution >= 0.6 is 23.2 Å². The monoisotopic (exact) mass is 284 g/mol. The highest BCUT2D eigenvalue weighted by Gasteiger charge is 2.07. The number of benzene rings is 2. The van der Waals surface area contributed by atoms with Crippen LogP contribution in [0.15, 0.2) is 36.4 Å². The van der Waals surface area contributed by atoms with E-state index in [-0.39, 0.29) is 0 Å². The van der Waals surface area contributed by atoms with Gasteiger partial charge in [-0.15, -0.1) is 23.2 Å². The number of ether oxygens (including phenoxy) is 2. The van der Waals surface area contributed by atoms with Crippen molar-refractivity contribution >= 4 is 34.0 Å². The molecular weight excluding hydrogens is 271 g/mol. The first kappa shape index (κ1) is 13.3. The van der Waals surface area contributed by atoms with E-state index in [9.17, 15) is 0 Å². The highest BCUT2D eigenvalue weighted by Crippen LogP contribution is 2.32. The van der Waals surface area contributed by atoms with Gasteiger partial charge in [-0.3, -0.25) is 0 Å². The molecule has 4 heteroatoms. The molecule has 2 aromatic carbocycles. The lowest BCUT2D eigenvalue weighted by Gasteiger charge is -2.12. The number of rotatable bonds is 6. The van der Waals surface area contributed by atoms with Crippen molar-refractivity contribution in [3.63, 3.8) is 0 Å². The molecule has 0 aromatic heterocycles. The first-order valence-corrected chi connectivity index (χ1v) is 6.82. The molecule has 0 bridgehead atoms. The summed E-state index contributed by atoms with van der Waals surface area (Å²) in [6.45, 7) is 0.911. The van der Waals surface area contributed by atoms with Gasteiger partial charge in [0.2, 0.25) is 0 Å². The van der Waals surface area contributed by atoms with Gasteiger partial charge in [-0.25, -0.2) is 0 Å². The van der Waals surface area contributed by atoms with E-state index >= 15 is 0 Å². The molecule has 0 saturated carbocycles. The van der Waals surface area contributed by atoms with Gasteiger partial charge in [-0.05, 0) is 22.9 Å². The van der Waals surface area contributed by atoms with E-state index in [2.05, 4.69) is 0 Å². The maximum absolute atomic E-state index is 5.64. The Morgan fingerprint density at radius 3 is 1.61 bits per heavy atom. The molecule has 2 nitrogen and oxygen atoms in total. The van der Waals surface area contributed by atoms with Crippen LogP contribution in [0.5, 0.6) is 11.5 Å². The van der Waals surface area contributed by atoms with Gasteiger partial charge in [-0.2, -0.15) is 0 Å². The van der Waals surface area contributed by atoms with Crippen molar-refractivity contribution in [1.29, 1.82) is 0 Å². The lowest BCUT2D eigenvalue weighted by Crippen LogP contribution is -2.03. The molecule has 0 aliphatic heterocycles. The second-order valence-corrected chi connectivity index (χ2v) is 4.48. The van der Waals surface area contributed by atoms with Crippen LogP contribution in [0, 0.1) is 0 Å². The first-order valence-electron chi connectivity index (χ1n) is 5.75. The number of hydrogen-bond acceptors (Lipinski definition) is 2. The molecule has 0 N–H and O–H groups in total. The van der Waals surface area contributed by atoms with Crippen LogP contribution in [0.4, 0.5) is 0 Å². The molecule has 0 fully saturated rings. The third kappa shape index (κ3) is 3.21. The number of halogens is 2. The summed E-state index contributed by atoms with van der Waals surface area (Å²) in [6.07, 6.45) is 0. The second-order valence-electron chi connectivity index (χ2n) is 3.72. The van der Waals surface area contributed by atoms with E-state index < -0.39 is 0 Å². The molecule has 2 aromatic rings. The molecule has 96 valence electrons. The molecule has 18 heavy (non-hydrogen) atoms. The van der Waals surface area contributed by atoms with E-state index in [1.54, 1.807) is 0 Å². The van der Waals surface area contributed by atoms with E-state index in [0.29, 0.717) is 36.5 Å². The van der Waals surface area contributed by atoms with Gasteiger partial charge in [0.1, 0.15) is 13.2 Å². The molecule has 0 amide bonds. The second kappa shape index (κ2) is 6.72. The zero-order chi connectivity index (χ0) is 12.8. The molecule has 0 atom stereocenters. The van der Waals surface area contributed by atoms with Gasteiger partial charge >= 0.3 is 0 Å². The fourth-order valence-electron chi connectivity index (χ4n) is 1.72. The number of hydrogen-bond donors (Lipinski definition) is 0. The summed E-state index contributed by atoms with van der Waals surface area (Å²) in [5, 5.41) is 2.22. The minimum absolute atomic E-state index is 0.446. The average molecular weight is 285 g/mol. The third-order valence-electron chi connectivity index (χ3n) is 2.48. The molecule has 0 unspecified atom stereocenters. The zero-order valence-electron chi connectivity index (χ0n) is 9.86. The van der Waals surface area contributed by atoms with Crippen LogP contribution in [0.1, 0.15) is 0 Å². The van der Waals surface area contributed by atoms with Crippen molar-refractivity contribution in [3.8, 4) is 11.5 Å². The standard InChI is InChI=1S/C14H14Cl2O2/c15-5-7-17-13-9-11-3-1-2-4-12(11)10-14(13)18-8-6-16/h1-4,9-10H,5-8H2. The highest BCUT2D eigenvalue weighted by molar-refractivity contribution is 6.18. The van der Waals surface area contributed by atoms with Crippen molar-refractivity contribution in [2.75, 3.05) is 25.0 Å². The Morgan fingerprint density at radius 2 is 1.22 bits per heavy atom. The smallest absolute Gasteiger partial charge is 0.161 e.